The van der Waals surface area contributed by atoms with Crippen LogP contribution in [0, 0.1) is 6.92 Å². The van der Waals surface area contributed by atoms with E-state index in [1.54, 1.807) is 49.6 Å². The summed E-state index contributed by atoms with van der Waals surface area (Å²) < 4.78 is 35.2. The van der Waals surface area contributed by atoms with E-state index < -0.39 is 28.1 Å². The maximum Gasteiger partial charge on any atom is 0.333 e. The molecule has 0 bridgehead atoms. The summed E-state index contributed by atoms with van der Waals surface area (Å²) in [5, 5.41) is 10.2. The maximum absolute atomic E-state index is 14.3. The average molecular weight is 520 g/mol. The number of nitrogens with zero attached hydrogens (tertiary/aromatic N) is 1. The first kappa shape index (κ1) is 26.6. The number of ether oxygens (including phenoxy) is 1. The lowest BCUT2D eigenvalue weighted by atomic mass is 9.84. The van der Waals surface area contributed by atoms with Gasteiger partial charge in [0.25, 0.3) is 0 Å². The van der Waals surface area contributed by atoms with Gasteiger partial charge in [0.05, 0.1) is 29.7 Å². The highest BCUT2D eigenvalue weighted by Gasteiger charge is 2.44. The van der Waals surface area contributed by atoms with E-state index in [4.69, 9.17) is 4.74 Å². The molecule has 3 aromatic rings. The lowest BCUT2D eigenvalue weighted by Gasteiger charge is -2.40. The molecule has 0 spiro atoms. The summed E-state index contributed by atoms with van der Waals surface area (Å²) in [5.74, 6) is -0.481. The van der Waals surface area contributed by atoms with E-state index in [0.717, 1.165) is 16.7 Å². The van der Waals surface area contributed by atoms with Crippen LogP contribution in [0.1, 0.15) is 61.5 Å². The number of hydrogen-bond acceptors (Lipinski definition) is 4. The van der Waals surface area contributed by atoms with Crippen molar-refractivity contribution in [2.24, 2.45) is 0 Å². The lowest BCUT2D eigenvalue weighted by molar-refractivity contribution is -0.133. The van der Waals surface area contributed by atoms with Gasteiger partial charge in [0.1, 0.15) is 5.75 Å². The fraction of sp³-hybridized carbons (Fsp3) is 0.300. The molecule has 1 aliphatic rings. The van der Waals surface area contributed by atoms with E-state index in [9.17, 15) is 18.3 Å². The van der Waals surface area contributed by atoms with E-state index in [0.29, 0.717) is 11.3 Å². The molecule has 0 saturated heterocycles. The number of hydrogen-bond donors (Lipinski definition) is 1. The minimum Gasteiger partial charge on any atom is -0.497 e. The molecule has 4 rings (SSSR count). The molecule has 0 saturated carbocycles. The Balaban J connectivity index is 1.93. The average Bonchev–Trinajstić information content (AvgIpc) is 2.87. The van der Waals surface area contributed by atoms with Gasteiger partial charge in [-0.1, -0.05) is 80.9 Å². The van der Waals surface area contributed by atoms with Gasteiger partial charge in [-0.3, -0.25) is 0 Å². The Morgan fingerprint density at radius 2 is 1.49 bits per heavy atom. The Morgan fingerprint density at radius 3 is 2.00 bits per heavy atom. The first-order valence-corrected chi connectivity index (χ1v) is 13.7. The predicted octanol–water partition coefficient (Wildman–Crippen LogP) is 6.19. The largest absolute Gasteiger partial charge is 0.497 e. The van der Waals surface area contributed by atoms with Crippen molar-refractivity contribution in [1.29, 1.82) is 0 Å². The monoisotopic (exact) mass is 519 g/mol. The number of aryl methyl sites for hydroxylation is 1. The molecule has 2 atom stereocenters. The smallest absolute Gasteiger partial charge is 0.333 e. The second-order valence-electron chi connectivity index (χ2n) is 10.4. The molecule has 0 radical (unpaired) electrons. The van der Waals surface area contributed by atoms with Gasteiger partial charge in [-0.25, -0.2) is 13.2 Å². The fourth-order valence-electron chi connectivity index (χ4n) is 4.71. The Morgan fingerprint density at radius 1 is 0.919 bits per heavy atom. The van der Waals surface area contributed by atoms with E-state index in [-0.39, 0.29) is 22.3 Å². The predicted molar refractivity (Wildman–Crippen MR) is 144 cm³/mol. The van der Waals surface area contributed by atoms with Crippen LogP contribution in [0.4, 0.5) is 0 Å². The van der Waals surface area contributed by atoms with Crippen molar-refractivity contribution >= 4 is 16.0 Å². The summed E-state index contributed by atoms with van der Waals surface area (Å²) >= 11 is 0. The van der Waals surface area contributed by atoms with Crippen molar-refractivity contribution in [3.8, 4) is 5.75 Å². The standard InChI is InChI=1S/C30H33NO5S/c1-20-6-16-25(17-7-20)37(34,35)31-27(21-10-14-24(36-5)15-11-21)19-18-26(29(32)33)28(31)22-8-12-23(13-9-22)30(2,3)4/h6-18,27-28H,19H2,1-5H3,(H,32,33)/t27-,28-/m0/s1. The van der Waals surface area contributed by atoms with Crippen molar-refractivity contribution < 1.29 is 23.1 Å². The van der Waals surface area contributed by atoms with Crippen molar-refractivity contribution in [3.05, 3.63) is 107 Å². The SMILES string of the molecule is COc1ccc([C@@H]2CC=C(C(=O)O)[C@H](c3ccc(C(C)(C)C)cc3)N2S(=O)(=O)c2ccc(C)cc2)cc1. The van der Waals surface area contributed by atoms with Gasteiger partial charge in [0.2, 0.25) is 10.0 Å². The molecule has 7 heteroatoms. The molecule has 0 unspecified atom stereocenters. The maximum atomic E-state index is 14.3. The van der Waals surface area contributed by atoms with Crippen molar-refractivity contribution in [3.63, 3.8) is 0 Å². The molecule has 1 heterocycles. The van der Waals surface area contributed by atoms with Gasteiger partial charge in [-0.15, -0.1) is 0 Å². The lowest BCUT2D eigenvalue weighted by Crippen LogP contribution is -2.42. The molecule has 1 N–H and O–H groups in total. The second-order valence-corrected chi connectivity index (χ2v) is 12.3. The number of aliphatic carboxylic acids is 1. The van der Waals surface area contributed by atoms with Crippen LogP contribution in [0.25, 0.3) is 0 Å². The van der Waals surface area contributed by atoms with Crippen LogP contribution in [-0.2, 0) is 20.2 Å². The van der Waals surface area contributed by atoms with Gasteiger partial charge in [0, 0.05) is 0 Å². The van der Waals surface area contributed by atoms with Gasteiger partial charge in [-0.2, -0.15) is 4.31 Å². The molecule has 0 fully saturated rings. The molecular formula is C30H33NO5S. The third kappa shape index (κ3) is 5.33. The van der Waals surface area contributed by atoms with Crippen LogP contribution in [0.3, 0.4) is 0 Å². The molecule has 3 aromatic carbocycles. The van der Waals surface area contributed by atoms with E-state index in [1.165, 1.54) is 4.31 Å². The highest BCUT2D eigenvalue weighted by molar-refractivity contribution is 7.89. The zero-order valence-corrected chi connectivity index (χ0v) is 22.6. The molecule has 0 amide bonds. The molecule has 6 nitrogen and oxygen atoms in total. The van der Waals surface area contributed by atoms with Crippen LogP contribution in [-0.4, -0.2) is 30.9 Å². The van der Waals surface area contributed by atoms with E-state index in [2.05, 4.69) is 20.8 Å². The second kappa shape index (κ2) is 10.1. The van der Waals surface area contributed by atoms with Gasteiger partial charge < -0.3 is 9.84 Å². The fourth-order valence-corrected chi connectivity index (χ4v) is 6.49. The number of methoxy groups -OCH3 is 1. The zero-order chi connectivity index (χ0) is 27.0. The first-order valence-electron chi connectivity index (χ1n) is 12.2. The van der Waals surface area contributed by atoms with Gasteiger partial charge in [0.15, 0.2) is 0 Å². The number of sulfonamides is 1. The topological polar surface area (TPSA) is 83.9 Å². The van der Waals surface area contributed by atoms with Gasteiger partial charge in [-0.05, 0) is 59.7 Å². The summed E-state index contributed by atoms with van der Waals surface area (Å²) in [6.45, 7) is 8.18. The highest BCUT2D eigenvalue weighted by atomic mass is 32.2. The summed E-state index contributed by atoms with van der Waals surface area (Å²) in [4.78, 5) is 12.6. The normalized spacial score (nSPS) is 18.8. The number of carbonyl (C=O) groups is 1. The van der Waals surface area contributed by atoms with Crippen LogP contribution < -0.4 is 4.74 Å². The number of rotatable bonds is 6. The quantitative estimate of drug-likeness (QED) is 0.420. The molecule has 194 valence electrons. The third-order valence-electron chi connectivity index (χ3n) is 6.85. The Hall–Kier alpha value is -3.42. The minimum absolute atomic E-state index is 0.0453. The number of carboxylic acid groups (broad SMARTS) is 1. The highest BCUT2D eigenvalue weighted by Crippen LogP contribution is 2.46. The van der Waals surface area contributed by atoms with Crippen LogP contribution in [0.5, 0.6) is 5.75 Å². The summed E-state index contributed by atoms with van der Waals surface area (Å²) in [5.41, 5.74) is 3.32. The van der Waals surface area contributed by atoms with E-state index in [1.807, 2.05) is 43.3 Å². The summed E-state index contributed by atoms with van der Waals surface area (Å²) in [7, 11) is -2.52. The molecule has 0 aromatic heterocycles. The van der Waals surface area contributed by atoms with Crippen molar-refractivity contribution in [1.82, 2.24) is 4.31 Å². The summed E-state index contributed by atoms with van der Waals surface area (Å²) in [6, 6.07) is 19.9. The Labute approximate surface area is 219 Å². The zero-order valence-electron chi connectivity index (χ0n) is 21.8. The van der Waals surface area contributed by atoms with E-state index >= 15 is 0 Å². The van der Waals surface area contributed by atoms with Crippen LogP contribution in [0.2, 0.25) is 0 Å². The minimum atomic E-state index is -4.10. The molecule has 1 aliphatic heterocycles. The molecule has 0 aliphatic carbocycles. The number of carboxylic acids is 1. The van der Waals surface area contributed by atoms with Crippen molar-refractivity contribution in [2.45, 2.75) is 56.5 Å². The number of benzene rings is 3. The molecular weight excluding hydrogens is 486 g/mol. The van der Waals surface area contributed by atoms with Crippen LogP contribution in [0.15, 0.2) is 89.3 Å². The third-order valence-corrected chi connectivity index (χ3v) is 8.74. The van der Waals surface area contributed by atoms with Crippen LogP contribution >= 0.6 is 0 Å². The molecule has 37 heavy (non-hydrogen) atoms. The summed E-state index contributed by atoms with van der Waals surface area (Å²) in [6.07, 6.45) is 1.89. The van der Waals surface area contributed by atoms with Crippen molar-refractivity contribution in [2.75, 3.05) is 7.11 Å². The first-order chi connectivity index (χ1) is 17.4. The van der Waals surface area contributed by atoms with Gasteiger partial charge >= 0.3 is 5.97 Å². The Bertz CT molecular complexity index is 1400. The Kier molecular flexibility index (Phi) is 7.31.